The molecule has 11 heavy (non-hydrogen) atoms. The van der Waals surface area contributed by atoms with Gasteiger partial charge in [-0.2, -0.15) is 0 Å². The molecule has 1 aliphatic rings. The summed E-state index contributed by atoms with van der Waals surface area (Å²) < 4.78 is 5.50. The summed E-state index contributed by atoms with van der Waals surface area (Å²) in [7, 11) is 0. The lowest BCUT2D eigenvalue weighted by atomic mass is 10.3. The molecule has 0 saturated carbocycles. The number of morpholine rings is 1. The second-order valence-electron chi connectivity index (χ2n) is 3.26. The maximum Gasteiger partial charge on any atom is 0.0824 e. The molecule has 1 saturated heterocycles. The largest absolute Gasteiger partial charge is 0.374 e. The number of nitrogens with one attached hydrogen (secondary N) is 2. The van der Waals surface area contributed by atoms with E-state index < -0.39 is 0 Å². The van der Waals surface area contributed by atoms with Gasteiger partial charge in [0.2, 0.25) is 0 Å². The molecule has 1 unspecified atom stereocenters. The third kappa shape index (κ3) is 3.70. The normalized spacial score (nSPS) is 25.9. The van der Waals surface area contributed by atoms with Gasteiger partial charge in [-0.15, -0.1) is 0 Å². The van der Waals surface area contributed by atoms with Crippen LogP contribution >= 0.6 is 0 Å². The van der Waals surface area contributed by atoms with Gasteiger partial charge in [0.15, 0.2) is 0 Å². The molecule has 1 rings (SSSR count). The van der Waals surface area contributed by atoms with E-state index in [4.69, 9.17) is 4.74 Å². The molecule has 1 aliphatic heterocycles. The van der Waals surface area contributed by atoms with E-state index in [-0.39, 0.29) is 0 Å². The minimum Gasteiger partial charge on any atom is -0.374 e. The lowest BCUT2D eigenvalue weighted by molar-refractivity contribution is 0.0282. The standard InChI is InChI=1S/C8H18N2O/c1-7(2)10-6-8-5-9-3-4-11-8/h7-10H,3-6H2,1-2H3. The average molecular weight is 158 g/mol. The number of rotatable bonds is 3. The topological polar surface area (TPSA) is 33.3 Å². The molecule has 0 aliphatic carbocycles. The summed E-state index contributed by atoms with van der Waals surface area (Å²) in [5.74, 6) is 0. The van der Waals surface area contributed by atoms with E-state index in [0.717, 1.165) is 26.2 Å². The molecule has 0 aromatic heterocycles. The molecule has 3 heteroatoms. The van der Waals surface area contributed by atoms with Crippen LogP contribution in [0.25, 0.3) is 0 Å². The molecule has 0 bridgehead atoms. The van der Waals surface area contributed by atoms with Crippen molar-refractivity contribution in [3.05, 3.63) is 0 Å². The molecule has 0 amide bonds. The van der Waals surface area contributed by atoms with Crippen molar-refractivity contribution < 1.29 is 4.74 Å². The first-order chi connectivity index (χ1) is 5.29. The molecule has 2 N–H and O–H groups in total. The second-order valence-corrected chi connectivity index (χ2v) is 3.26. The van der Waals surface area contributed by atoms with Crippen molar-refractivity contribution in [3.8, 4) is 0 Å². The molecular weight excluding hydrogens is 140 g/mol. The summed E-state index contributed by atoms with van der Waals surface area (Å²) in [6.45, 7) is 8.10. The first-order valence-corrected chi connectivity index (χ1v) is 4.34. The van der Waals surface area contributed by atoms with Crippen LogP contribution in [-0.4, -0.2) is 38.4 Å². The number of ether oxygens (including phenoxy) is 1. The SMILES string of the molecule is CC(C)NCC1CNCCO1. The summed E-state index contributed by atoms with van der Waals surface area (Å²) in [6, 6.07) is 0.556. The Labute approximate surface area is 68.5 Å². The van der Waals surface area contributed by atoms with E-state index in [1.165, 1.54) is 0 Å². The van der Waals surface area contributed by atoms with Crippen molar-refractivity contribution in [3.63, 3.8) is 0 Å². The lowest BCUT2D eigenvalue weighted by Crippen LogP contribution is -2.45. The third-order valence-corrected chi connectivity index (χ3v) is 1.76. The fraction of sp³-hybridized carbons (Fsp3) is 1.00. The Hall–Kier alpha value is -0.120. The molecule has 0 aromatic carbocycles. The van der Waals surface area contributed by atoms with E-state index in [9.17, 15) is 0 Å². The average Bonchev–Trinajstić information content (AvgIpc) is 2.03. The second kappa shape index (κ2) is 4.70. The van der Waals surface area contributed by atoms with E-state index in [2.05, 4.69) is 24.5 Å². The van der Waals surface area contributed by atoms with E-state index in [1.807, 2.05) is 0 Å². The van der Waals surface area contributed by atoms with Crippen LogP contribution in [0.5, 0.6) is 0 Å². The first kappa shape index (κ1) is 8.97. The Morgan fingerprint density at radius 1 is 1.64 bits per heavy atom. The van der Waals surface area contributed by atoms with E-state index in [1.54, 1.807) is 0 Å². The molecule has 66 valence electrons. The molecule has 1 atom stereocenters. The van der Waals surface area contributed by atoms with Crippen molar-refractivity contribution in [1.82, 2.24) is 10.6 Å². The molecule has 1 fully saturated rings. The highest BCUT2D eigenvalue weighted by molar-refractivity contribution is 4.70. The quantitative estimate of drug-likeness (QED) is 0.605. The summed E-state index contributed by atoms with van der Waals surface area (Å²) in [4.78, 5) is 0. The predicted octanol–water partition coefficient (Wildman–Crippen LogP) is -0.0272. The summed E-state index contributed by atoms with van der Waals surface area (Å²) in [5, 5.41) is 6.64. The molecule has 3 nitrogen and oxygen atoms in total. The van der Waals surface area contributed by atoms with Crippen molar-refractivity contribution in [2.45, 2.75) is 26.0 Å². The van der Waals surface area contributed by atoms with Gasteiger partial charge in [-0.1, -0.05) is 13.8 Å². The highest BCUT2D eigenvalue weighted by Gasteiger charge is 2.12. The Kier molecular flexibility index (Phi) is 3.83. The van der Waals surface area contributed by atoms with Gasteiger partial charge >= 0.3 is 0 Å². The monoisotopic (exact) mass is 158 g/mol. The Morgan fingerprint density at radius 3 is 3.00 bits per heavy atom. The smallest absolute Gasteiger partial charge is 0.0824 e. The maximum atomic E-state index is 5.50. The predicted molar refractivity (Wildman–Crippen MR) is 45.7 cm³/mol. The number of hydrogen-bond acceptors (Lipinski definition) is 3. The molecule has 0 aromatic rings. The van der Waals surface area contributed by atoms with Gasteiger partial charge in [0.25, 0.3) is 0 Å². The van der Waals surface area contributed by atoms with Crippen LogP contribution in [-0.2, 0) is 4.74 Å². The zero-order valence-corrected chi connectivity index (χ0v) is 7.39. The molecular formula is C8H18N2O. The van der Waals surface area contributed by atoms with Crippen LogP contribution in [0.1, 0.15) is 13.8 Å². The van der Waals surface area contributed by atoms with E-state index in [0.29, 0.717) is 12.1 Å². The van der Waals surface area contributed by atoms with Crippen LogP contribution in [0.3, 0.4) is 0 Å². The van der Waals surface area contributed by atoms with Crippen molar-refractivity contribution >= 4 is 0 Å². The van der Waals surface area contributed by atoms with Gasteiger partial charge in [-0.3, -0.25) is 0 Å². The van der Waals surface area contributed by atoms with Gasteiger partial charge in [-0.05, 0) is 0 Å². The van der Waals surface area contributed by atoms with Gasteiger partial charge in [0.1, 0.15) is 0 Å². The zero-order chi connectivity index (χ0) is 8.10. The van der Waals surface area contributed by atoms with Crippen LogP contribution in [0.4, 0.5) is 0 Å². The Morgan fingerprint density at radius 2 is 2.45 bits per heavy atom. The summed E-state index contributed by atoms with van der Waals surface area (Å²) >= 11 is 0. The highest BCUT2D eigenvalue weighted by Crippen LogP contribution is 1.94. The van der Waals surface area contributed by atoms with Gasteiger partial charge in [-0.25, -0.2) is 0 Å². The van der Waals surface area contributed by atoms with Crippen molar-refractivity contribution in [2.24, 2.45) is 0 Å². The molecule has 0 radical (unpaired) electrons. The van der Waals surface area contributed by atoms with Gasteiger partial charge in [0, 0.05) is 25.7 Å². The first-order valence-electron chi connectivity index (χ1n) is 4.34. The van der Waals surface area contributed by atoms with E-state index >= 15 is 0 Å². The number of hydrogen-bond donors (Lipinski definition) is 2. The van der Waals surface area contributed by atoms with Crippen LogP contribution < -0.4 is 10.6 Å². The Bertz CT molecular complexity index is 100. The minimum atomic E-state index is 0.367. The fourth-order valence-electron chi connectivity index (χ4n) is 1.12. The third-order valence-electron chi connectivity index (χ3n) is 1.76. The van der Waals surface area contributed by atoms with Crippen molar-refractivity contribution in [1.29, 1.82) is 0 Å². The van der Waals surface area contributed by atoms with Crippen LogP contribution in [0.2, 0.25) is 0 Å². The zero-order valence-electron chi connectivity index (χ0n) is 7.39. The maximum absolute atomic E-state index is 5.50. The Balaban J connectivity index is 2.05. The highest BCUT2D eigenvalue weighted by atomic mass is 16.5. The molecule has 1 heterocycles. The van der Waals surface area contributed by atoms with Gasteiger partial charge < -0.3 is 15.4 Å². The lowest BCUT2D eigenvalue weighted by Gasteiger charge is -2.24. The fourth-order valence-corrected chi connectivity index (χ4v) is 1.12. The van der Waals surface area contributed by atoms with Crippen LogP contribution in [0.15, 0.2) is 0 Å². The minimum absolute atomic E-state index is 0.367. The summed E-state index contributed by atoms with van der Waals surface area (Å²) in [5.41, 5.74) is 0. The van der Waals surface area contributed by atoms with Crippen LogP contribution in [0, 0.1) is 0 Å². The van der Waals surface area contributed by atoms with Crippen molar-refractivity contribution in [2.75, 3.05) is 26.2 Å². The molecule has 0 spiro atoms. The van der Waals surface area contributed by atoms with Gasteiger partial charge in [0.05, 0.1) is 12.7 Å². The summed E-state index contributed by atoms with van der Waals surface area (Å²) in [6.07, 6.45) is 0.367.